The summed E-state index contributed by atoms with van der Waals surface area (Å²) in [5, 5.41) is 2.64. The van der Waals surface area contributed by atoms with Crippen LogP contribution in [-0.2, 0) is 9.84 Å². The van der Waals surface area contributed by atoms with Gasteiger partial charge >= 0.3 is 0 Å². The first-order valence-electron chi connectivity index (χ1n) is 5.02. The zero-order valence-electron chi connectivity index (χ0n) is 8.47. The van der Waals surface area contributed by atoms with Crippen LogP contribution in [0.1, 0.15) is 0 Å². The minimum absolute atomic E-state index is 0.157. The van der Waals surface area contributed by atoms with E-state index in [1.165, 1.54) is 6.07 Å². The molecule has 6 heteroatoms. The molecule has 2 aliphatic rings. The number of sulfone groups is 1. The van der Waals surface area contributed by atoms with Crippen molar-refractivity contribution in [3.05, 3.63) is 18.2 Å². The molecule has 0 unspecified atom stereocenters. The van der Waals surface area contributed by atoms with E-state index in [0.717, 1.165) is 0 Å². The molecule has 0 saturated carbocycles. The Labute approximate surface area is 93.3 Å². The van der Waals surface area contributed by atoms with Crippen LogP contribution in [0.25, 0.3) is 0 Å². The Morgan fingerprint density at radius 3 is 2.62 bits per heavy atom. The smallest absolute Gasteiger partial charge is 0.231 e. The van der Waals surface area contributed by atoms with E-state index in [0.29, 0.717) is 29.5 Å². The third-order valence-electron chi connectivity index (χ3n) is 2.86. The lowest BCUT2D eigenvalue weighted by Crippen LogP contribution is -2.51. The second-order valence-corrected chi connectivity index (χ2v) is 6.07. The lowest BCUT2D eigenvalue weighted by molar-refractivity contribution is 0.174. The van der Waals surface area contributed by atoms with Crippen LogP contribution < -0.4 is 14.8 Å². The summed E-state index contributed by atoms with van der Waals surface area (Å²) < 4.78 is 34.5. The maximum atomic E-state index is 12.1. The molecule has 1 fully saturated rings. The van der Waals surface area contributed by atoms with Crippen molar-refractivity contribution in [2.45, 2.75) is 10.1 Å². The molecular weight excluding hydrogens is 230 g/mol. The maximum Gasteiger partial charge on any atom is 0.231 e. The van der Waals surface area contributed by atoms with Gasteiger partial charge in [-0.15, -0.1) is 0 Å². The van der Waals surface area contributed by atoms with Crippen LogP contribution in [0.4, 0.5) is 0 Å². The van der Waals surface area contributed by atoms with Crippen LogP contribution in [0.2, 0.25) is 0 Å². The van der Waals surface area contributed by atoms with Crippen LogP contribution in [0, 0.1) is 0 Å². The summed E-state index contributed by atoms with van der Waals surface area (Å²) in [7, 11) is -3.22. The molecule has 5 nitrogen and oxygen atoms in total. The number of rotatable bonds is 2. The predicted octanol–water partition coefficient (Wildman–Crippen LogP) is 0.161. The molecule has 0 aliphatic carbocycles. The third kappa shape index (κ3) is 1.37. The van der Waals surface area contributed by atoms with E-state index >= 15 is 0 Å². The lowest BCUT2D eigenvalue weighted by Gasteiger charge is -2.26. The van der Waals surface area contributed by atoms with Crippen molar-refractivity contribution < 1.29 is 17.9 Å². The van der Waals surface area contributed by atoms with Crippen molar-refractivity contribution in [3.8, 4) is 11.5 Å². The van der Waals surface area contributed by atoms with Crippen LogP contribution in [0.3, 0.4) is 0 Å². The second-order valence-electron chi connectivity index (χ2n) is 3.84. The molecule has 1 saturated heterocycles. The molecule has 0 atom stereocenters. The fraction of sp³-hybridized carbons (Fsp3) is 0.400. The highest BCUT2D eigenvalue weighted by Crippen LogP contribution is 2.34. The van der Waals surface area contributed by atoms with E-state index in [9.17, 15) is 8.42 Å². The molecule has 0 aromatic heterocycles. The van der Waals surface area contributed by atoms with Crippen LogP contribution >= 0.6 is 0 Å². The SMILES string of the molecule is O=S(=O)(c1ccc2c(c1)OCO2)C1CNC1. The van der Waals surface area contributed by atoms with Gasteiger partial charge in [0.25, 0.3) is 0 Å². The largest absolute Gasteiger partial charge is 0.454 e. The number of hydrogen-bond donors (Lipinski definition) is 1. The summed E-state index contributed by atoms with van der Waals surface area (Å²) in [6.07, 6.45) is 0. The molecule has 86 valence electrons. The molecule has 0 bridgehead atoms. The monoisotopic (exact) mass is 241 g/mol. The van der Waals surface area contributed by atoms with Gasteiger partial charge in [0.05, 0.1) is 10.1 Å². The standard InChI is InChI=1S/C10H11NO4S/c12-16(13,8-4-11-5-8)7-1-2-9-10(3-7)15-6-14-9/h1-3,8,11H,4-6H2. The second kappa shape index (κ2) is 3.36. The Morgan fingerprint density at radius 2 is 1.94 bits per heavy atom. The molecule has 1 aromatic rings. The highest BCUT2D eigenvalue weighted by molar-refractivity contribution is 7.92. The van der Waals surface area contributed by atoms with Crippen LogP contribution in [-0.4, -0.2) is 33.6 Å². The Bertz CT molecular complexity index is 522. The number of hydrogen-bond acceptors (Lipinski definition) is 5. The lowest BCUT2D eigenvalue weighted by atomic mass is 10.3. The molecule has 1 aromatic carbocycles. The Balaban J connectivity index is 2.00. The van der Waals surface area contributed by atoms with Gasteiger partial charge in [0.2, 0.25) is 6.79 Å². The van der Waals surface area contributed by atoms with Gasteiger partial charge in [-0.05, 0) is 12.1 Å². The van der Waals surface area contributed by atoms with E-state index in [1.54, 1.807) is 12.1 Å². The molecule has 0 amide bonds. The normalized spacial score (nSPS) is 19.5. The van der Waals surface area contributed by atoms with Crippen molar-refractivity contribution in [1.82, 2.24) is 5.32 Å². The summed E-state index contributed by atoms with van der Waals surface area (Å²) >= 11 is 0. The fourth-order valence-electron chi connectivity index (χ4n) is 1.73. The van der Waals surface area contributed by atoms with Gasteiger partial charge in [0, 0.05) is 19.2 Å². The van der Waals surface area contributed by atoms with Crippen molar-refractivity contribution in [2.75, 3.05) is 19.9 Å². The van der Waals surface area contributed by atoms with E-state index in [2.05, 4.69) is 5.32 Å². The van der Waals surface area contributed by atoms with Gasteiger partial charge in [-0.3, -0.25) is 0 Å². The summed E-state index contributed by atoms with van der Waals surface area (Å²) in [6.45, 7) is 1.21. The van der Waals surface area contributed by atoms with Crippen molar-refractivity contribution in [2.24, 2.45) is 0 Å². The Morgan fingerprint density at radius 1 is 1.19 bits per heavy atom. The maximum absolute atomic E-state index is 12.1. The van der Waals surface area contributed by atoms with Gasteiger partial charge in [-0.25, -0.2) is 8.42 Å². The van der Waals surface area contributed by atoms with Gasteiger partial charge in [-0.1, -0.05) is 0 Å². The molecule has 0 radical (unpaired) electrons. The van der Waals surface area contributed by atoms with E-state index < -0.39 is 9.84 Å². The molecular formula is C10H11NO4S. The molecule has 16 heavy (non-hydrogen) atoms. The molecule has 0 spiro atoms. The van der Waals surface area contributed by atoms with Gasteiger partial charge in [0.1, 0.15) is 0 Å². The van der Waals surface area contributed by atoms with Gasteiger partial charge in [0.15, 0.2) is 21.3 Å². The van der Waals surface area contributed by atoms with Crippen LogP contribution in [0.5, 0.6) is 11.5 Å². The summed E-state index contributed by atoms with van der Waals surface area (Å²) in [5.74, 6) is 1.11. The highest BCUT2D eigenvalue weighted by atomic mass is 32.2. The minimum Gasteiger partial charge on any atom is -0.454 e. The molecule has 1 N–H and O–H groups in total. The van der Waals surface area contributed by atoms with E-state index in [-0.39, 0.29) is 12.0 Å². The zero-order valence-corrected chi connectivity index (χ0v) is 9.29. The number of nitrogens with one attached hydrogen (secondary N) is 1. The molecule has 2 aliphatic heterocycles. The Kier molecular flexibility index (Phi) is 2.08. The summed E-state index contributed by atoms with van der Waals surface area (Å²) in [5.41, 5.74) is 0. The van der Waals surface area contributed by atoms with Gasteiger partial charge in [-0.2, -0.15) is 0 Å². The quantitative estimate of drug-likeness (QED) is 0.799. The first-order chi connectivity index (χ1) is 7.68. The average Bonchev–Trinajstić information content (AvgIpc) is 2.60. The third-order valence-corrected chi connectivity index (χ3v) is 4.98. The summed E-state index contributed by atoms with van der Waals surface area (Å²) in [4.78, 5) is 0.309. The van der Waals surface area contributed by atoms with Crippen molar-refractivity contribution in [3.63, 3.8) is 0 Å². The zero-order chi connectivity index (χ0) is 11.2. The average molecular weight is 241 g/mol. The minimum atomic E-state index is -3.22. The highest BCUT2D eigenvalue weighted by Gasteiger charge is 2.33. The van der Waals surface area contributed by atoms with Crippen LogP contribution in [0.15, 0.2) is 23.1 Å². The Hall–Kier alpha value is -1.27. The number of fused-ring (bicyclic) bond motifs is 1. The topological polar surface area (TPSA) is 64.6 Å². The van der Waals surface area contributed by atoms with Crippen molar-refractivity contribution in [1.29, 1.82) is 0 Å². The van der Waals surface area contributed by atoms with E-state index in [1.807, 2.05) is 0 Å². The van der Waals surface area contributed by atoms with Crippen molar-refractivity contribution >= 4 is 9.84 Å². The first-order valence-corrected chi connectivity index (χ1v) is 6.57. The summed E-state index contributed by atoms with van der Waals surface area (Å²) in [6, 6.07) is 4.75. The number of benzene rings is 1. The predicted molar refractivity (Wildman–Crippen MR) is 56.4 cm³/mol. The fourth-order valence-corrected chi connectivity index (χ4v) is 3.32. The first kappa shape index (κ1) is 9.92. The van der Waals surface area contributed by atoms with Gasteiger partial charge < -0.3 is 14.8 Å². The molecule has 2 heterocycles. The molecule has 3 rings (SSSR count). The van der Waals surface area contributed by atoms with E-state index in [4.69, 9.17) is 9.47 Å². The number of ether oxygens (including phenoxy) is 2.